The molecule has 5 nitrogen and oxygen atoms in total. The lowest BCUT2D eigenvalue weighted by Gasteiger charge is -2.11. The van der Waals surface area contributed by atoms with Crippen LogP contribution in [0.5, 0.6) is 0 Å². The predicted octanol–water partition coefficient (Wildman–Crippen LogP) is 2.54. The largest absolute Gasteiger partial charge is 0.478 e. The van der Waals surface area contributed by atoms with Gasteiger partial charge in [0.25, 0.3) is 0 Å². The Bertz CT molecular complexity index is 681. The second-order valence-corrected chi connectivity index (χ2v) is 4.42. The molecular formula is C15H14N2O3. The van der Waals surface area contributed by atoms with Crippen molar-refractivity contribution < 1.29 is 14.7 Å². The molecule has 5 heteroatoms. The van der Waals surface area contributed by atoms with Crippen LogP contribution in [-0.2, 0) is 0 Å². The van der Waals surface area contributed by atoms with E-state index in [1.54, 1.807) is 36.4 Å². The molecule has 1 amide bonds. The molecule has 20 heavy (non-hydrogen) atoms. The summed E-state index contributed by atoms with van der Waals surface area (Å²) in [6, 6.07) is 11.6. The summed E-state index contributed by atoms with van der Waals surface area (Å²) in [6.07, 6.45) is 0. The Balaban J connectivity index is 2.39. The van der Waals surface area contributed by atoms with Gasteiger partial charge in [-0.1, -0.05) is 12.1 Å². The van der Waals surface area contributed by atoms with E-state index in [4.69, 9.17) is 10.8 Å². The zero-order valence-electron chi connectivity index (χ0n) is 10.9. The fourth-order valence-electron chi connectivity index (χ4n) is 1.85. The first-order valence-electron chi connectivity index (χ1n) is 5.98. The summed E-state index contributed by atoms with van der Waals surface area (Å²) in [7, 11) is 0. The molecule has 2 aromatic carbocycles. The van der Waals surface area contributed by atoms with E-state index in [-0.39, 0.29) is 5.56 Å². The second kappa shape index (κ2) is 5.44. The molecule has 0 aliphatic carbocycles. The van der Waals surface area contributed by atoms with E-state index in [0.29, 0.717) is 16.9 Å². The SMILES string of the molecule is Cc1ccc(C(=O)O)c(Nc2cccc(C(N)=O)c2)c1. The van der Waals surface area contributed by atoms with Crippen molar-refractivity contribution in [2.24, 2.45) is 5.73 Å². The molecule has 2 aromatic rings. The van der Waals surface area contributed by atoms with Crippen LogP contribution >= 0.6 is 0 Å². The number of carboxylic acid groups (broad SMARTS) is 1. The summed E-state index contributed by atoms with van der Waals surface area (Å²) in [5.74, 6) is -1.55. The maximum atomic E-state index is 11.2. The smallest absolute Gasteiger partial charge is 0.337 e. The van der Waals surface area contributed by atoms with Crippen molar-refractivity contribution in [2.75, 3.05) is 5.32 Å². The van der Waals surface area contributed by atoms with Crippen molar-refractivity contribution in [3.8, 4) is 0 Å². The number of carboxylic acids is 1. The van der Waals surface area contributed by atoms with Gasteiger partial charge in [-0.15, -0.1) is 0 Å². The highest BCUT2D eigenvalue weighted by Crippen LogP contribution is 2.23. The van der Waals surface area contributed by atoms with Gasteiger partial charge in [0.05, 0.1) is 11.3 Å². The summed E-state index contributed by atoms with van der Waals surface area (Å²) < 4.78 is 0. The van der Waals surface area contributed by atoms with Crippen molar-refractivity contribution >= 4 is 23.3 Å². The Hall–Kier alpha value is -2.82. The highest BCUT2D eigenvalue weighted by atomic mass is 16.4. The molecule has 0 fully saturated rings. The van der Waals surface area contributed by atoms with Crippen LogP contribution in [0.15, 0.2) is 42.5 Å². The lowest BCUT2D eigenvalue weighted by Crippen LogP contribution is -2.11. The van der Waals surface area contributed by atoms with Gasteiger partial charge in [-0.3, -0.25) is 4.79 Å². The summed E-state index contributed by atoms with van der Waals surface area (Å²) in [5.41, 5.74) is 7.76. The van der Waals surface area contributed by atoms with Gasteiger partial charge in [0, 0.05) is 11.3 Å². The lowest BCUT2D eigenvalue weighted by molar-refractivity contribution is 0.0697. The van der Waals surface area contributed by atoms with Crippen molar-refractivity contribution in [3.05, 3.63) is 59.2 Å². The first-order valence-corrected chi connectivity index (χ1v) is 5.98. The summed E-state index contributed by atoms with van der Waals surface area (Å²) >= 11 is 0. The molecule has 0 atom stereocenters. The van der Waals surface area contributed by atoms with Gasteiger partial charge in [-0.2, -0.15) is 0 Å². The monoisotopic (exact) mass is 270 g/mol. The maximum absolute atomic E-state index is 11.2. The molecule has 0 heterocycles. The Labute approximate surface area is 116 Å². The number of aryl methyl sites for hydroxylation is 1. The maximum Gasteiger partial charge on any atom is 0.337 e. The number of nitrogens with one attached hydrogen (secondary N) is 1. The quantitative estimate of drug-likeness (QED) is 0.796. The summed E-state index contributed by atoms with van der Waals surface area (Å²) in [6.45, 7) is 1.87. The minimum absolute atomic E-state index is 0.167. The standard InChI is InChI=1S/C15H14N2O3/c1-9-5-6-12(15(19)20)13(7-9)17-11-4-2-3-10(8-11)14(16)18/h2-8,17H,1H3,(H2,16,18)(H,19,20). The van der Waals surface area contributed by atoms with E-state index in [0.717, 1.165) is 5.56 Å². The second-order valence-electron chi connectivity index (χ2n) is 4.42. The molecule has 2 rings (SSSR count). The number of nitrogens with two attached hydrogens (primary N) is 1. The fraction of sp³-hybridized carbons (Fsp3) is 0.0667. The molecule has 0 saturated carbocycles. The van der Waals surface area contributed by atoms with E-state index in [9.17, 15) is 9.59 Å². The van der Waals surface area contributed by atoms with Crippen LogP contribution in [-0.4, -0.2) is 17.0 Å². The number of benzene rings is 2. The van der Waals surface area contributed by atoms with E-state index in [1.807, 2.05) is 6.92 Å². The Morgan fingerprint density at radius 1 is 1.15 bits per heavy atom. The normalized spacial score (nSPS) is 10.1. The number of carbonyl (C=O) groups is 2. The minimum Gasteiger partial charge on any atom is -0.478 e. The van der Waals surface area contributed by atoms with Gasteiger partial charge < -0.3 is 16.2 Å². The molecule has 0 unspecified atom stereocenters. The number of amides is 1. The number of hydrogen-bond donors (Lipinski definition) is 3. The number of primary amides is 1. The molecule has 0 aromatic heterocycles. The Morgan fingerprint density at radius 3 is 2.55 bits per heavy atom. The van der Waals surface area contributed by atoms with Crippen LogP contribution < -0.4 is 11.1 Å². The first-order chi connectivity index (χ1) is 9.47. The molecule has 0 aliphatic heterocycles. The molecule has 102 valence electrons. The van der Waals surface area contributed by atoms with Crippen LogP contribution in [0.25, 0.3) is 0 Å². The average molecular weight is 270 g/mol. The van der Waals surface area contributed by atoms with Crippen molar-refractivity contribution in [1.29, 1.82) is 0 Å². The van der Waals surface area contributed by atoms with Gasteiger partial charge in [-0.25, -0.2) is 4.79 Å². The van der Waals surface area contributed by atoms with Crippen LogP contribution in [0.4, 0.5) is 11.4 Å². The number of rotatable bonds is 4. The molecule has 0 radical (unpaired) electrons. The third-order valence-corrected chi connectivity index (χ3v) is 2.83. The molecule has 0 aliphatic rings. The van der Waals surface area contributed by atoms with Crippen molar-refractivity contribution in [2.45, 2.75) is 6.92 Å². The molecule has 0 bridgehead atoms. The summed E-state index contributed by atoms with van der Waals surface area (Å²) in [4.78, 5) is 22.3. The van der Waals surface area contributed by atoms with Gasteiger partial charge in [-0.05, 0) is 42.8 Å². The number of anilines is 2. The predicted molar refractivity (Wildman–Crippen MR) is 76.4 cm³/mol. The lowest BCUT2D eigenvalue weighted by atomic mass is 10.1. The average Bonchev–Trinajstić information content (AvgIpc) is 2.38. The zero-order valence-corrected chi connectivity index (χ0v) is 10.9. The molecular weight excluding hydrogens is 256 g/mol. The molecule has 0 saturated heterocycles. The third kappa shape index (κ3) is 2.95. The Kier molecular flexibility index (Phi) is 3.70. The van der Waals surface area contributed by atoms with E-state index in [1.165, 1.54) is 6.07 Å². The van der Waals surface area contributed by atoms with Gasteiger partial charge in [0.15, 0.2) is 0 Å². The van der Waals surface area contributed by atoms with Gasteiger partial charge >= 0.3 is 5.97 Å². The Morgan fingerprint density at radius 2 is 1.90 bits per heavy atom. The highest BCUT2D eigenvalue weighted by molar-refractivity contribution is 5.96. The molecule has 0 spiro atoms. The number of hydrogen-bond acceptors (Lipinski definition) is 3. The van der Waals surface area contributed by atoms with E-state index in [2.05, 4.69) is 5.32 Å². The molecule has 4 N–H and O–H groups in total. The fourth-order valence-corrected chi connectivity index (χ4v) is 1.85. The topological polar surface area (TPSA) is 92.4 Å². The van der Waals surface area contributed by atoms with Gasteiger partial charge in [0.2, 0.25) is 5.91 Å². The van der Waals surface area contributed by atoms with Crippen LogP contribution in [0.2, 0.25) is 0 Å². The third-order valence-electron chi connectivity index (χ3n) is 2.83. The van der Waals surface area contributed by atoms with E-state index >= 15 is 0 Å². The van der Waals surface area contributed by atoms with Crippen LogP contribution in [0.1, 0.15) is 26.3 Å². The minimum atomic E-state index is -1.02. The first kappa shape index (κ1) is 13.6. The van der Waals surface area contributed by atoms with E-state index < -0.39 is 11.9 Å². The summed E-state index contributed by atoms with van der Waals surface area (Å²) in [5, 5.41) is 12.2. The van der Waals surface area contributed by atoms with Crippen LogP contribution in [0.3, 0.4) is 0 Å². The zero-order chi connectivity index (χ0) is 14.7. The van der Waals surface area contributed by atoms with Crippen molar-refractivity contribution in [3.63, 3.8) is 0 Å². The van der Waals surface area contributed by atoms with Crippen molar-refractivity contribution in [1.82, 2.24) is 0 Å². The number of carbonyl (C=O) groups excluding carboxylic acids is 1. The van der Waals surface area contributed by atoms with Gasteiger partial charge in [0.1, 0.15) is 0 Å². The van der Waals surface area contributed by atoms with Crippen LogP contribution in [0, 0.1) is 6.92 Å². The highest BCUT2D eigenvalue weighted by Gasteiger charge is 2.10. The number of aromatic carboxylic acids is 1.